The van der Waals surface area contributed by atoms with Crippen LogP contribution in [0.4, 0.5) is 10.5 Å². The molecule has 5 rings (SSSR count). The van der Waals surface area contributed by atoms with Gasteiger partial charge in [-0.05, 0) is 57.5 Å². The van der Waals surface area contributed by atoms with Gasteiger partial charge in [0.15, 0.2) is 11.5 Å². The van der Waals surface area contributed by atoms with Crippen LogP contribution in [0.5, 0.6) is 11.5 Å². The third kappa shape index (κ3) is 3.94. The van der Waals surface area contributed by atoms with Crippen LogP contribution in [0.2, 0.25) is 0 Å². The second kappa shape index (κ2) is 8.71. The van der Waals surface area contributed by atoms with Gasteiger partial charge in [-0.25, -0.2) is 9.48 Å². The van der Waals surface area contributed by atoms with Gasteiger partial charge < -0.3 is 20.1 Å². The summed E-state index contributed by atoms with van der Waals surface area (Å²) in [5.41, 5.74) is 3.11. The van der Waals surface area contributed by atoms with E-state index in [1.807, 2.05) is 38.1 Å². The molecule has 0 spiro atoms. The average Bonchev–Trinajstić information content (AvgIpc) is 3.26. The van der Waals surface area contributed by atoms with Crippen LogP contribution in [0, 0.1) is 20.8 Å². The first-order valence-corrected chi connectivity index (χ1v) is 11.6. The minimum absolute atomic E-state index is 0.402. The predicted octanol–water partition coefficient (Wildman–Crippen LogP) is 2.97. The molecule has 186 valence electrons. The molecule has 3 aromatic rings. The van der Waals surface area contributed by atoms with Crippen molar-refractivity contribution in [3.05, 3.63) is 65.0 Å². The number of nitrogens with one attached hydrogen (secondary N) is 2. The number of imide groups is 1. The highest BCUT2D eigenvalue weighted by Gasteiger charge is 2.50. The SMILES string of the molecule is Cc1ccc(-n2nc(C)c(NC(=O)CN3C(=O)N[C@](C)(c4ccc5c(c4)OCCO5)C3=O)c2C)cc1. The topological polar surface area (TPSA) is 115 Å². The summed E-state index contributed by atoms with van der Waals surface area (Å²) in [6, 6.07) is 12.3. The quantitative estimate of drug-likeness (QED) is 0.533. The summed E-state index contributed by atoms with van der Waals surface area (Å²) < 4.78 is 12.9. The molecule has 1 saturated heterocycles. The highest BCUT2D eigenvalue weighted by atomic mass is 16.6. The molecule has 2 aliphatic rings. The van der Waals surface area contributed by atoms with Crippen molar-refractivity contribution in [3.8, 4) is 17.2 Å². The van der Waals surface area contributed by atoms with Gasteiger partial charge in [0.25, 0.3) is 5.91 Å². The van der Waals surface area contributed by atoms with Crippen LogP contribution >= 0.6 is 0 Å². The zero-order valence-corrected chi connectivity index (χ0v) is 20.5. The van der Waals surface area contributed by atoms with E-state index in [9.17, 15) is 14.4 Å². The van der Waals surface area contributed by atoms with Gasteiger partial charge >= 0.3 is 6.03 Å². The van der Waals surface area contributed by atoms with Crippen LogP contribution in [-0.2, 0) is 15.1 Å². The van der Waals surface area contributed by atoms with Gasteiger partial charge in [-0.15, -0.1) is 0 Å². The number of urea groups is 1. The van der Waals surface area contributed by atoms with Crippen molar-refractivity contribution in [3.63, 3.8) is 0 Å². The van der Waals surface area contributed by atoms with Crippen LogP contribution in [0.3, 0.4) is 0 Å². The van der Waals surface area contributed by atoms with Crippen molar-refractivity contribution < 1.29 is 23.9 Å². The molecule has 1 fully saturated rings. The maximum atomic E-state index is 13.3. The van der Waals surface area contributed by atoms with Crippen molar-refractivity contribution in [1.82, 2.24) is 20.0 Å². The molecular weight excluding hydrogens is 462 g/mol. The number of amides is 4. The monoisotopic (exact) mass is 489 g/mol. The van der Waals surface area contributed by atoms with Crippen molar-refractivity contribution >= 4 is 23.5 Å². The Hall–Kier alpha value is -4.34. The molecule has 4 amide bonds. The first-order valence-electron chi connectivity index (χ1n) is 11.6. The Balaban J connectivity index is 1.33. The number of benzene rings is 2. The van der Waals surface area contributed by atoms with Crippen molar-refractivity contribution in [2.24, 2.45) is 0 Å². The van der Waals surface area contributed by atoms with Crippen LogP contribution in [0.15, 0.2) is 42.5 Å². The lowest BCUT2D eigenvalue weighted by molar-refractivity contribution is -0.133. The predicted molar refractivity (Wildman–Crippen MR) is 131 cm³/mol. The number of anilines is 1. The lowest BCUT2D eigenvalue weighted by Gasteiger charge is -2.25. The number of hydrogen-bond donors (Lipinski definition) is 2. The number of aromatic nitrogens is 2. The summed E-state index contributed by atoms with van der Waals surface area (Å²) in [6.45, 7) is 7.67. The van der Waals surface area contributed by atoms with E-state index in [1.54, 1.807) is 36.7 Å². The molecular formula is C26H27N5O5. The van der Waals surface area contributed by atoms with E-state index in [2.05, 4.69) is 15.7 Å². The molecule has 0 unspecified atom stereocenters. The Morgan fingerprint density at radius 3 is 2.47 bits per heavy atom. The Morgan fingerprint density at radius 1 is 1.06 bits per heavy atom. The van der Waals surface area contributed by atoms with Gasteiger partial charge in [0.2, 0.25) is 5.91 Å². The number of fused-ring (bicyclic) bond motifs is 1. The van der Waals surface area contributed by atoms with E-state index in [1.165, 1.54) is 0 Å². The fourth-order valence-electron chi connectivity index (χ4n) is 4.47. The molecule has 2 aliphatic heterocycles. The molecule has 1 atom stereocenters. The first kappa shape index (κ1) is 23.4. The van der Waals surface area contributed by atoms with Gasteiger partial charge in [-0.2, -0.15) is 5.10 Å². The fourth-order valence-corrected chi connectivity index (χ4v) is 4.47. The largest absolute Gasteiger partial charge is 0.486 e. The molecule has 36 heavy (non-hydrogen) atoms. The highest BCUT2D eigenvalue weighted by Crippen LogP contribution is 2.37. The molecule has 2 N–H and O–H groups in total. The van der Waals surface area contributed by atoms with E-state index in [0.29, 0.717) is 41.7 Å². The van der Waals surface area contributed by atoms with E-state index >= 15 is 0 Å². The smallest absolute Gasteiger partial charge is 0.325 e. The lowest BCUT2D eigenvalue weighted by Crippen LogP contribution is -2.42. The minimum atomic E-state index is -1.34. The van der Waals surface area contributed by atoms with E-state index in [4.69, 9.17) is 9.47 Å². The molecule has 0 bridgehead atoms. The third-order valence-corrected chi connectivity index (χ3v) is 6.53. The fraction of sp³-hybridized carbons (Fsp3) is 0.308. The van der Waals surface area contributed by atoms with Crippen LogP contribution < -0.4 is 20.1 Å². The van der Waals surface area contributed by atoms with Crippen molar-refractivity contribution in [2.45, 2.75) is 33.2 Å². The number of rotatable bonds is 5. The van der Waals surface area contributed by atoms with Crippen LogP contribution in [0.1, 0.15) is 29.4 Å². The van der Waals surface area contributed by atoms with E-state index < -0.39 is 29.9 Å². The van der Waals surface area contributed by atoms with Crippen molar-refractivity contribution in [2.75, 3.05) is 25.1 Å². The standard InChI is InChI=1S/C26H27N5O5/c1-15-5-8-19(9-6-15)31-17(3)23(16(2)29-31)27-22(32)14-30-24(33)26(4,28-25(30)34)18-7-10-20-21(13-18)36-12-11-35-20/h5-10,13H,11-12,14H2,1-4H3,(H,27,32)(H,28,34)/t26-/m1/s1. The van der Waals surface area contributed by atoms with Gasteiger partial charge in [0.1, 0.15) is 25.3 Å². The Labute approximate surface area is 208 Å². The third-order valence-electron chi connectivity index (χ3n) is 6.53. The Kier molecular flexibility index (Phi) is 5.66. The van der Waals surface area contributed by atoms with Crippen LogP contribution in [0.25, 0.3) is 5.69 Å². The van der Waals surface area contributed by atoms with Crippen LogP contribution in [-0.4, -0.2) is 52.3 Å². The number of hydrogen-bond acceptors (Lipinski definition) is 6. The van der Waals surface area contributed by atoms with Gasteiger partial charge in [0, 0.05) is 0 Å². The number of aryl methyl sites for hydroxylation is 2. The van der Waals surface area contributed by atoms with Crippen molar-refractivity contribution in [1.29, 1.82) is 0 Å². The highest BCUT2D eigenvalue weighted by molar-refractivity contribution is 6.10. The molecule has 0 aliphatic carbocycles. The summed E-state index contributed by atoms with van der Waals surface area (Å²) in [5.74, 6) is 0.0657. The maximum absolute atomic E-state index is 13.3. The summed E-state index contributed by atoms with van der Waals surface area (Å²) in [7, 11) is 0. The number of carbonyl (C=O) groups excluding carboxylic acids is 3. The zero-order valence-electron chi connectivity index (χ0n) is 20.5. The lowest BCUT2D eigenvalue weighted by atomic mass is 9.91. The van der Waals surface area contributed by atoms with E-state index in [-0.39, 0.29) is 0 Å². The molecule has 10 nitrogen and oxygen atoms in total. The minimum Gasteiger partial charge on any atom is -0.486 e. The molecule has 3 heterocycles. The summed E-state index contributed by atoms with van der Waals surface area (Å²) >= 11 is 0. The Bertz CT molecular complexity index is 1380. The molecule has 10 heteroatoms. The Morgan fingerprint density at radius 2 is 1.75 bits per heavy atom. The maximum Gasteiger partial charge on any atom is 0.325 e. The summed E-state index contributed by atoms with van der Waals surface area (Å²) in [5, 5.41) is 10.1. The van der Waals surface area contributed by atoms with Gasteiger partial charge in [-0.3, -0.25) is 14.5 Å². The summed E-state index contributed by atoms with van der Waals surface area (Å²) in [6.07, 6.45) is 0. The second-order valence-corrected chi connectivity index (χ2v) is 9.15. The average molecular weight is 490 g/mol. The molecule has 0 saturated carbocycles. The normalized spacial score (nSPS) is 18.8. The van der Waals surface area contributed by atoms with E-state index in [0.717, 1.165) is 21.8 Å². The number of ether oxygens (including phenoxy) is 2. The molecule has 2 aromatic carbocycles. The molecule has 0 radical (unpaired) electrons. The zero-order chi connectivity index (χ0) is 25.6. The second-order valence-electron chi connectivity index (χ2n) is 9.15. The number of carbonyl (C=O) groups is 3. The first-order chi connectivity index (χ1) is 17.2. The van der Waals surface area contributed by atoms with Gasteiger partial charge in [0.05, 0.1) is 22.8 Å². The van der Waals surface area contributed by atoms with Gasteiger partial charge in [-0.1, -0.05) is 23.8 Å². The summed E-state index contributed by atoms with van der Waals surface area (Å²) in [4.78, 5) is 39.9. The number of nitrogens with zero attached hydrogens (tertiary/aromatic N) is 3. The molecule has 1 aromatic heterocycles.